The molecule has 1 heterocycles. The molecule has 2 aromatic rings. The number of nitrogens with zero attached hydrogens (tertiary/aromatic N) is 2. The number of anilines is 3. The van der Waals surface area contributed by atoms with Crippen LogP contribution in [0.15, 0.2) is 24.5 Å². The summed E-state index contributed by atoms with van der Waals surface area (Å²) in [5, 5.41) is 7.56. The van der Waals surface area contributed by atoms with Crippen LogP contribution in [0.4, 0.5) is 17.3 Å². The van der Waals surface area contributed by atoms with Gasteiger partial charge < -0.3 is 10.6 Å². The molecule has 2 rings (SSSR count). The van der Waals surface area contributed by atoms with Crippen LogP contribution >= 0.6 is 23.2 Å². The number of nitrogens with one attached hydrogen (secondary N) is 2. The van der Waals surface area contributed by atoms with Gasteiger partial charge in [-0.2, -0.15) is 0 Å². The Morgan fingerprint density at radius 2 is 1.86 bits per heavy atom. The van der Waals surface area contributed by atoms with Crippen molar-refractivity contribution in [2.75, 3.05) is 17.2 Å². The van der Waals surface area contributed by atoms with Gasteiger partial charge in [-0.1, -0.05) is 43.1 Å². The smallest absolute Gasteiger partial charge is 0.139 e. The third kappa shape index (κ3) is 3.77. The molecule has 0 saturated carbocycles. The molecule has 1 aromatic heterocycles. The average Bonchev–Trinajstić information content (AvgIpc) is 2.50. The standard InChI is InChI=1S/C15H18Cl2N4/c1-3-8-18-14-10(4-2)15(20-9-19-14)21-12-7-5-6-11(16)13(12)17/h5-7,9H,3-4,8H2,1-2H3,(H2,18,19,20,21). The van der Waals surface area contributed by atoms with Crippen LogP contribution in [0.1, 0.15) is 25.8 Å². The van der Waals surface area contributed by atoms with Crippen molar-refractivity contribution in [3.8, 4) is 0 Å². The molecule has 0 aliphatic heterocycles. The maximum absolute atomic E-state index is 6.21. The molecule has 0 bridgehead atoms. The normalized spacial score (nSPS) is 10.5. The van der Waals surface area contributed by atoms with E-state index < -0.39 is 0 Å². The van der Waals surface area contributed by atoms with Crippen LogP contribution in [0.25, 0.3) is 0 Å². The quantitative estimate of drug-likeness (QED) is 0.792. The molecule has 0 spiro atoms. The van der Waals surface area contributed by atoms with Gasteiger partial charge in [0.25, 0.3) is 0 Å². The largest absolute Gasteiger partial charge is 0.370 e. The summed E-state index contributed by atoms with van der Waals surface area (Å²) in [6.07, 6.45) is 3.39. The third-order valence-corrected chi connectivity index (χ3v) is 3.86. The van der Waals surface area contributed by atoms with Crippen LogP contribution in [0.5, 0.6) is 0 Å². The second kappa shape index (κ2) is 7.48. The Morgan fingerprint density at radius 1 is 1.10 bits per heavy atom. The molecule has 0 saturated heterocycles. The molecular weight excluding hydrogens is 307 g/mol. The molecule has 2 N–H and O–H groups in total. The summed E-state index contributed by atoms with van der Waals surface area (Å²) in [4.78, 5) is 8.63. The predicted octanol–water partition coefficient (Wildman–Crippen LogP) is 4.91. The highest BCUT2D eigenvalue weighted by Crippen LogP contribution is 2.33. The van der Waals surface area contributed by atoms with E-state index in [2.05, 4.69) is 34.4 Å². The lowest BCUT2D eigenvalue weighted by atomic mass is 10.2. The Hall–Kier alpha value is -1.52. The zero-order valence-corrected chi connectivity index (χ0v) is 13.6. The van der Waals surface area contributed by atoms with Crippen molar-refractivity contribution in [2.45, 2.75) is 26.7 Å². The molecule has 0 atom stereocenters. The van der Waals surface area contributed by atoms with E-state index >= 15 is 0 Å². The van der Waals surface area contributed by atoms with Gasteiger partial charge in [0.15, 0.2) is 0 Å². The van der Waals surface area contributed by atoms with Crippen molar-refractivity contribution in [1.82, 2.24) is 9.97 Å². The summed E-state index contributed by atoms with van der Waals surface area (Å²) in [6.45, 7) is 5.06. The lowest BCUT2D eigenvalue weighted by Crippen LogP contribution is -2.08. The topological polar surface area (TPSA) is 49.8 Å². The van der Waals surface area contributed by atoms with E-state index in [0.717, 1.165) is 42.3 Å². The van der Waals surface area contributed by atoms with E-state index in [1.54, 1.807) is 6.07 Å². The second-order valence-corrected chi connectivity index (χ2v) is 5.34. The van der Waals surface area contributed by atoms with Gasteiger partial charge in [0.1, 0.15) is 18.0 Å². The van der Waals surface area contributed by atoms with Crippen LogP contribution in [0.3, 0.4) is 0 Å². The summed E-state index contributed by atoms with van der Waals surface area (Å²) in [5.41, 5.74) is 1.76. The van der Waals surface area contributed by atoms with Gasteiger partial charge in [0, 0.05) is 12.1 Å². The fourth-order valence-corrected chi connectivity index (χ4v) is 2.33. The fraction of sp³-hybridized carbons (Fsp3) is 0.333. The van der Waals surface area contributed by atoms with Crippen molar-refractivity contribution < 1.29 is 0 Å². The lowest BCUT2D eigenvalue weighted by molar-refractivity contribution is 0.949. The van der Waals surface area contributed by atoms with Gasteiger partial charge >= 0.3 is 0 Å². The van der Waals surface area contributed by atoms with Crippen LogP contribution in [0, 0.1) is 0 Å². The highest BCUT2D eigenvalue weighted by Gasteiger charge is 2.12. The minimum atomic E-state index is 0.489. The van der Waals surface area contributed by atoms with Crippen molar-refractivity contribution in [3.05, 3.63) is 40.1 Å². The monoisotopic (exact) mass is 324 g/mol. The Kier molecular flexibility index (Phi) is 5.65. The predicted molar refractivity (Wildman–Crippen MR) is 89.9 cm³/mol. The van der Waals surface area contributed by atoms with Crippen LogP contribution in [-0.4, -0.2) is 16.5 Å². The first-order valence-corrected chi connectivity index (χ1v) is 7.71. The maximum atomic E-state index is 6.21. The highest BCUT2D eigenvalue weighted by molar-refractivity contribution is 6.43. The molecule has 6 heteroatoms. The zero-order chi connectivity index (χ0) is 15.2. The number of benzene rings is 1. The Balaban J connectivity index is 2.33. The third-order valence-electron chi connectivity index (χ3n) is 3.05. The molecule has 0 unspecified atom stereocenters. The molecule has 1 aromatic carbocycles. The first-order chi connectivity index (χ1) is 10.2. The van der Waals surface area contributed by atoms with Crippen molar-refractivity contribution >= 4 is 40.5 Å². The van der Waals surface area contributed by atoms with Crippen LogP contribution in [0.2, 0.25) is 10.0 Å². The number of rotatable bonds is 6. The Labute approximate surface area is 134 Å². The highest BCUT2D eigenvalue weighted by atomic mass is 35.5. The molecular formula is C15H18Cl2N4. The summed E-state index contributed by atoms with van der Waals surface area (Å²) in [5.74, 6) is 1.60. The van der Waals surface area contributed by atoms with Gasteiger partial charge in [0.05, 0.1) is 15.7 Å². The SMILES string of the molecule is CCCNc1ncnc(Nc2cccc(Cl)c2Cl)c1CC. The molecule has 4 nitrogen and oxygen atoms in total. The first-order valence-electron chi connectivity index (χ1n) is 6.96. The summed E-state index contributed by atoms with van der Waals surface area (Å²) < 4.78 is 0. The Bertz CT molecular complexity index is 617. The fourth-order valence-electron chi connectivity index (χ4n) is 1.98. The van der Waals surface area contributed by atoms with Crippen molar-refractivity contribution in [2.24, 2.45) is 0 Å². The summed E-state index contributed by atoms with van der Waals surface area (Å²) >= 11 is 12.2. The van der Waals surface area contributed by atoms with Gasteiger partial charge in [-0.05, 0) is 25.0 Å². The second-order valence-electron chi connectivity index (χ2n) is 4.56. The van der Waals surface area contributed by atoms with Crippen molar-refractivity contribution in [3.63, 3.8) is 0 Å². The minimum Gasteiger partial charge on any atom is -0.370 e. The maximum Gasteiger partial charge on any atom is 0.139 e. The van der Waals surface area contributed by atoms with Crippen molar-refractivity contribution in [1.29, 1.82) is 0 Å². The summed E-state index contributed by atoms with van der Waals surface area (Å²) in [7, 11) is 0. The molecule has 0 radical (unpaired) electrons. The molecule has 21 heavy (non-hydrogen) atoms. The molecule has 0 aliphatic rings. The number of hydrogen-bond donors (Lipinski definition) is 2. The first kappa shape index (κ1) is 15.9. The zero-order valence-electron chi connectivity index (χ0n) is 12.1. The van der Waals surface area contributed by atoms with Gasteiger partial charge in [-0.15, -0.1) is 0 Å². The molecule has 0 amide bonds. The molecule has 0 fully saturated rings. The number of halogens is 2. The van der Waals surface area contributed by atoms with E-state index in [4.69, 9.17) is 23.2 Å². The van der Waals surface area contributed by atoms with Crippen LogP contribution < -0.4 is 10.6 Å². The number of aromatic nitrogens is 2. The average molecular weight is 325 g/mol. The minimum absolute atomic E-state index is 0.489. The molecule has 0 aliphatic carbocycles. The van der Waals surface area contributed by atoms with E-state index in [0.29, 0.717) is 10.0 Å². The molecule has 112 valence electrons. The van der Waals surface area contributed by atoms with Gasteiger partial charge in [0.2, 0.25) is 0 Å². The van der Waals surface area contributed by atoms with E-state index in [9.17, 15) is 0 Å². The Morgan fingerprint density at radius 3 is 2.57 bits per heavy atom. The summed E-state index contributed by atoms with van der Waals surface area (Å²) in [6, 6.07) is 5.47. The van der Waals surface area contributed by atoms with Gasteiger partial charge in [-0.3, -0.25) is 0 Å². The van der Waals surface area contributed by atoms with Crippen LogP contribution in [-0.2, 0) is 6.42 Å². The van der Waals surface area contributed by atoms with E-state index in [1.807, 2.05) is 12.1 Å². The lowest BCUT2D eigenvalue weighted by Gasteiger charge is -2.15. The van der Waals surface area contributed by atoms with E-state index in [1.165, 1.54) is 6.33 Å². The van der Waals surface area contributed by atoms with Gasteiger partial charge in [-0.25, -0.2) is 9.97 Å². The van der Waals surface area contributed by atoms with E-state index in [-0.39, 0.29) is 0 Å². The number of hydrogen-bond acceptors (Lipinski definition) is 4.